The number of rotatable bonds is 4. The zero-order chi connectivity index (χ0) is 16.4. The smallest absolute Gasteiger partial charge is 0.335 e. The Kier molecular flexibility index (Phi) is 3.60. The zero-order valence-electron chi connectivity index (χ0n) is 11.7. The summed E-state index contributed by atoms with van der Waals surface area (Å²) in [7, 11) is 0. The number of benzene rings is 2. The van der Waals surface area contributed by atoms with E-state index >= 15 is 0 Å². The predicted molar refractivity (Wildman–Crippen MR) is 81.0 cm³/mol. The lowest BCUT2D eigenvalue weighted by Crippen LogP contribution is -1.94. The number of nitrogens with zero attached hydrogens (tertiary/aromatic N) is 2. The highest BCUT2D eigenvalue weighted by Crippen LogP contribution is 2.27. The van der Waals surface area contributed by atoms with Crippen LogP contribution in [0.15, 0.2) is 59.1 Å². The van der Waals surface area contributed by atoms with Crippen LogP contribution in [0.3, 0.4) is 0 Å². The third kappa shape index (κ3) is 2.93. The van der Waals surface area contributed by atoms with Crippen molar-refractivity contribution in [2.45, 2.75) is 0 Å². The summed E-state index contributed by atoms with van der Waals surface area (Å²) in [6, 6.07) is 12.1. The molecule has 1 aromatic heterocycles. The fourth-order valence-electron chi connectivity index (χ4n) is 2.04. The van der Waals surface area contributed by atoms with Gasteiger partial charge in [0.05, 0.1) is 16.7 Å². The number of carboxylic acid groups (broad SMARTS) is 1. The zero-order valence-corrected chi connectivity index (χ0v) is 11.7. The summed E-state index contributed by atoms with van der Waals surface area (Å²) < 4.78 is 5.63. The minimum Gasteiger partial charge on any atom is -0.478 e. The normalized spacial score (nSPS) is 10.4. The highest BCUT2D eigenvalue weighted by atomic mass is 16.6. The van der Waals surface area contributed by atoms with E-state index in [-0.39, 0.29) is 11.3 Å². The summed E-state index contributed by atoms with van der Waals surface area (Å²) in [6.45, 7) is 0. The van der Waals surface area contributed by atoms with Gasteiger partial charge in [0.25, 0.3) is 5.69 Å². The first-order valence-electron chi connectivity index (χ1n) is 6.59. The molecule has 0 unspecified atom stereocenters. The van der Waals surface area contributed by atoms with Crippen LogP contribution in [0.4, 0.5) is 5.69 Å². The summed E-state index contributed by atoms with van der Waals surface area (Å²) >= 11 is 0. The van der Waals surface area contributed by atoms with Crippen molar-refractivity contribution in [3.63, 3.8) is 0 Å². The molecule has 3 aromatic rings. The van der Waals surface area contributed by atoms with Gasteiger partial charge in [-0.3, -0.25) is 10.1 Å². The second-order valence-corrected chi connectivity index (χ2v) is 4.72. The van der Waals surface area contributed by atoms with Crippen molar-refractivity contribution >= 4 is 11.7 Å². The van der Waals surface area contributed by atoms with Crippen molar-refractivity contribution in [2.24, 2.45) is 0 Å². The third-order valence-electron chi connectivity index (χ3n) is 3.25. The molecule has 0 fully saturated rings. The first kappa shape index (κ1) is 14.5. The van der Waals surface area contributed by atoms with Gasteiger partial charge in [0, 0.05) is 23.3 Å². The molecule has 0 bridgehead atoms. The fraction of sp³-hybridized carbons (Fsp3) is 0. The van der Waals surface area contributed by atoms with E-state index in [0.29, 0.717) is 22.8 Å². The number of carbonyl (C=O) groups is 1. The van der Waals surface area contributed by atoms with E-state index in [4.69, 9.17) is 9.52 Å². The van der Waals surface area contributed by atoms with Crippen LogP contribution in [-0.4, -0.2) is 21.0 Å². The Balaban J connectivity index is 1.87. The number of oxazole rings is 1. The van der Waals surface area contributed by atoms with Crippen molar-refractivity contribution in [1.82, 2.24) is 4.98 Å². The van der Waals surface area contributed by atoms with Crippen molar-refractivity contribution in [3.8, 4) is 22.8 Å². The van der Waals surface area contributed by atoms with Crippen LogP contribution in [0.5, 0.6) is 0 Å². The molecule has 0 radical (unpaired) electrons. The van der Waals surface area contributed by atoms with Crippen molar-refractivity contribution in [2.75, 3.05) is 0 Å². The van der Waals surface area contributed by atoms with Gasteiger partial charge in [0.1, 0.15) is 0 Å². The fourth-order valence-corrected chi connectivity index (χ4v) is 2.04. The number of nitro groups is 1. The van der Waals surface area contributed by atoms with Gasteiger partial charge in [-0.25, -0.2) is 9.78 Å². The van der Waals surface area contributed by atoms with E-state index in [0.717, 1.165) is 0 Å². The van der Waals surface area contributed by atoms with E-state index in [1.807, 2.05) is 0 Å². The molecular formula is C16H10N2O5. The second-order valence-electron chi connectivity index (χ2n) is 4.72. The Morgan fingerprint density at radius 3 is 2.22 bits per heavy atom. The van der Waals surface area contributed by atoms with Gasteiger partial charge in [0.2, 0.25) is 5.89 Å². The van der Waals surface area contributed by atoms with Gasteiger partial charge >= 0.3 is 5.97 Å². The number of hydrogen-bond donors (Lipinski definition) is 1. The molecule has 0 aliphatic rings. The Morgan fingerprint density at radius 2 is 1.65 bits per heavy atom. The SMILES string of the molecule is O=C(O)c1ccc(-c2ncc(-c3ccc([N+](=O)[O-])cc3)o2)cc1. The van der Waals surface area contributed by atoms with Crippen LogP contribution < -0.4 is 0 Å². The van der Waals surface area contributed by atoms with Gasteiger partial charge in [-0.1, -0.05) is 0 Å². The van der Waals surface area contributed by atoms with Crippen LogP contribution in [0.1, 0.15) is 10.4 Å². The molecule has 0 spiro atoms. The number of aromatic nitrogens is 1. The van der Waals surface area contributed by atoms with Crippen molar-refractivity contribution in [1.29, 1.82) is 0 Å². The third-order valence-corrected chi connectivity index (χ3v) is 3.25. The minimum atomic E-state index is -1.00. The Bertz CT molecular complexity index is 794. The lowest BCUT2D eigenvalue weighted by atomic mass is 10.1. The number of nitro benzene ring substituents is 1. The van der Waals surface area contributed by atoms with E-state index in [1.165, 1.54) is 30.5 Å². The van der Waals surface area contributed by atoms with Crippen LogP contribution in [-0.2, 0) is 0 Å². The van der Waals surface area contributed by atoms with Crippen LogP contribution in [0.2, 0.25) is 0 Å². The van der Waals surface area contributed by atoms with Gasteiger partial charge in [-0.15, -0.1) is 0 Å². The van der Waals surface area contributed by atoms with Gasteiger partial charge in [0.15, 0.2) is 5.76 Å². The topological polar surface area (TPSA) is 106 Å². The van der Waals surface area contributed by atoms with Crippen molar-refractivity contribution < 1.29 is 19.2 Å². The average molecular weight is 310 g/mol. The largest absolute Gasteiger partial charge is 0.478 e. The first-order chi connectivity index (χ1) is 11.0. The van der Waals surface area contributed by atoms with Crippen molar-refractivity contribution in [3.05, 3.63) is 70.4 Å². The van der Waals surface area contributed by atoms with Crippen LogP contribution in [0.25, 0.3) is 22.8 Å². The number of non-ortho nitro benzene ring substituents is 1. The monoisotopic (exact) mass is 310 g/mol. The van der Waals surface area contributed by atoms with Crippen LogP contribution in [0, 0.1) is 10.1 Å². The maximum atomic E-state index is 10.8. The molecule has 1 heterocycles. The summed E-state index contributed by atoms with van der Waals surface area (Å²) in [6.07, 6.45) is 1.52. The van der Waals surface area contributed by atoms with Gasteiger partial charge in [-0.2, -0.15) is 0 Å². The molecule has 1 N–H and O–H groups in total. The molecule has 0 aliphatic heterocycles. The number of hydrogen-bond acceptors (Lipinski definition) is 5. The Labute approximate surface area is 130 Å². The molecule has 2 aromatic carbocycles. The van der Waals surface area contributed by atoms with Gasteiger partial charge < -0.3 is 9.52 Å². The predicted octanol–water partition coefficient (Wildman–Crippen LogP) is 3.62. The number of aromatic carboxylic acids is 1. The number of carboxylic acids is 1. The molecule has 23 heavy (non-hydrogen) atoms. The summed E-state index contributed by atoms with van der Waals surface area (Å²) in [5.74, 6) is -0.192. The Hall–Kier alpha value is -3.48. The molecular weight excluding hydrogens is 300 g/mol. The molecule has 0 atom stereocenters. The highest BCUT2D eigenvalue weighted by molar-refractivity contribution is 5.88. The average Bonchev–Trinajstić information content (AvgIpc) is 3.05. The van der Waals surface area contributed by atoms with Crippen LogP contribution >= 0.6 is 0 Å². The maximum Gasteiger partial charge on any atom is 0.335 e. The minimum absolute atomic E-state index is 0.00208. The second kappa shape index (κ2) is 5.72. The lowest BCUT2D eigenvalue weighted by molar-refractivity contribution is -0.384. The first-order valence-corrected chi connectivity index (χ1v) is 6.59. The maximum absolute atomic E-state index is 10.8. The molecule has 7 heteroatoms. The van der Waals surface area contributed by atoms with E-state index < -0.39 is 10.9 Å². The molecule has 0 saturated carbocycles. The van der Waals surface area contributed by atoms with Gasteiger partial charge in [-0.05, 0) is 36.4 Å². The lowest BCUT2D eigenvalue weighted by Gasteiger charge is -1.98. The molecule has 0 aliphatic carbocycles. The van der Waals surface area contributed by atoms with E-state index in [2.05, 4.69) is 4.98 Å². The summed E-state index contributed by atoms with van der Waals surface area (Å²) in [5.41, 5.74) is 1.48. The quantitative estimate of drug-likeness (QED) is 0.582. The highest BCUT2D eigenvalue weighted by Gasteiger charge is 2.11. The van der Waals surface area contributed by atoms with E-state index in [1.54, 1.807) is 24.3 Å². The molecule has 0 saturated heterocycles. The summed E-state index contributed by atoms with van der Waals surface area (Å²) in [4.78, 5) is 25.1. The van der Waals surface area contributed by atoms with E-state index in [9.17, 15) is 14.9 Å². The standard InChI is InChI=1S/C16H10N2O5/c19-16(20)12-3-1-11(2-4-12)15-17-9-14(23-15)10-5-7-13(8-6-10)18(21)22/h1-9H,(H,19,20). The molecule has 0 amide bonds. The molecule has 114 valence electrons. The molecule has 3 rings (SSSR count). The Morgan fingerprint density at radius 1 is 1.04 bits per heavy atom. The molecule has 7 nitrogen and oxygen atoms in total. The summed E-state index contributed by atoms with van der Waals surface area (Å²) in [5, 5.41) is 19.5.